The van der Waals surface area contributed by atoms with Gasteiger partial charge in [-0.25, -0.2) is 4.39 Å². The topological polar surface area (TPSA) is 75.4 Å². The summed E-state index contributed by atoms with van der Waals surface area (Å²) in [6.45, 7) is 1.54. The van der Waals surface area contributed by atoms with Crippen LogP contribution in [0.3, 0.4) is 0 Å². The first-order valence-electron chi connectivity index (χ1n) is 6.72. The van der Waals surface area contributed by atoms with Crippen molar-refractivity contribution in [3.05, 3.63) is 29.0 Å². The number of nitrogens with one attached hydrogen (secondary N) is 1. The number of carbonyl (C=O) groups excluding carboxylic acids is 2. The van der Waals surface area contributed by atoms with Crippen molar-refractivity contribution in [3.63, 3.8) is 0 Å². The number of rotatable bonds is 4. The van der Waals surface area contributed by atoms with E-state index in [0.29, 0.717) is 31.6 Å². The van der Waals surface area contributed by atoms with Crippen LogP contribution in [0.1, 0.15) is 12.8 Å². The minimum Gasteiger partial charge on any atom is -0.369 e. The van der Waals surface area contributed by atoms with E-state index in [0.717, 1.165) is 0 Å². The molecule has 1 aromatic carbocycles. The SMILES string of the molecule is NC(=O)CN1CCC(C(=O)Nc2ccc(F)c(Cl)c2)CC1. The van der Waals surface area contributed by atoms with Crippen molar-refractivity contribution < 1.29 is 14.0 Å². The fourth-order valence-corrected chi connectivity index (χ4v) is 2.57. The van der Waals surface area contributed by atoms with Crippen LogP contribution in [-0.4, -0.2) is 36.3 Å². The Morgan fingerprint density at radius 1 is 1.38 bits per heavy atom. The van der Waals surface area contributed by atoms with Crippen LogP contribution >= 0.6 is 11.6 Å². The number of hydrogen-bond donors (Lipinski definition) is 2. The van der Waals surface area contributed by atoms with Gasteiger partial charge in [-0.3, -0.25) is 14.5 Å². The van der Waals surface area contributed by atoms with E-state index < -0.39 is 5.82 Å². The number of halogens is 2. The number of anilines is 1. The summed E-state index contributed by atoms with van der Waals surface area (Å²) < 4.78 is 13.1. The lowest BCUT2D eigenvalue weighted by Crippen LogP contribution is -2.42. The molecule has 0 unspecified atom stereocenters. The Balaban J connectivity index is 1.87. The van der Waals surface area contributed by atoms with Gasteiger partial charge >= 0.3 is 0 Å². The second-order valence-electron chi connectivity index (χ2n) is 5.13. The van der Waals surface area contributed by atoms with Gasteiger partial charge in [0.2, 0.25) is 11.8 Å². The summed E-state index contributed by atoms with van der Waals surface area (Å²) in [6, 6.07) is 4.08. The number of amides is 2. The summed E-state index contributed by atoms with van der Waals surface area (Å²) in [6.07, 6.45) is 1.32. The van der Waals surface area contributed by atoms with Gasteiger partial charge in [-0.2, -0.15) is 0 Å². The largest absolute Gasteiger partial charge is 0.369 e. The number of primary amides is 1. The van der Waals surface area contributed by atoms with Crippen molar-refractivity contribution in [2.24, 2.45) is 11.7 Å². The fraction of sp³-hybridized carbons (Fsp3) is 0.429. The lowest BCUT2D eigenvalue weighted by atomic mass is 9.96. The van der Waals surface area contributed by atoms with Gasteiger partial charge in [-0.05, 0) is 44.1 Å². The van der Waals surface area contributed by atoms with E-state index in [1.54, 1.807) is 0 Å². The third-order valence-electron chi connectivity index (χ3n) is 3.52. The maximum atomic E-state index is 13.1. The molecule has 3 N–H and O–H groups in total. The lowest BCUT2D eigenvalue weighted by Gasteiger charge is -2.30. The molecule has 1 saturated heterocycles. The number of nitrogens with two attached hydrogens (primary N) is 1. The predicted octanol–water partition coefficient (Wildman–Crippen LogP) is 1.61. The number of benzene rings is 1. The average molecular weight is 314 g/mol. The Morgan fingerprint density at radius 3 is 2.62 bits per heavy atom. The summed E-state index contributed by atoms with van der Waals surface area (Å²) >= 11 is 5.67. The van der Waals surface area contributed by atoms with Crippen LogP contribution in [0, 0.1) is 11.7 Å². The maximum absolute atomic E-state index is 13.1. The Morgan fingerprint density at radius 2 is 2.05 bits per heavy atom. The predicted molar refractivity (Wildman–Crippen MR) is 78.4 cm³/mol. The van der Waals surface area contributed by atoms with Crippen LogP contribution in [0.25, 0.3) is 0 Å². The van der Waals surface area contributed by atoms with Gasteiger partial charge in [0.25, 0.3) is 0 Å². The maximum Gasteiger partial charge on any atom is 0.231 e. The Labute approximate surface area is 127 Å². The highest BCUT2D eigenvalue weighted by molar-refractivity contribution is 6.31. The molecule has 1 fully saturated rings. The molecule has 7 heteroatoms. The Bertz CT molecular complexity index is 545. The zero-order valence-corrected chi connectivity index (χ0v) is 12.2. The van der Waals surface area contributed by atoms with Crippen molar-refractivity contribution >= 4 is 29.1 Å². The van der Waals surface area contributed by atoms with E-state index in [1.807, 2.05) is 4.90 Å². The molecule has 21 heavy (non-hydrogen) atoms. The first-order chi connectivity index (χ1) is 9.95. The van der Waals surface area contributed by atoms with Gasteiger partial charge in [0.1, 0.15) is 5.82 Å². The van der Waals surface area contributed by atoms with Crippen molar-refractivity contribution in [2.75, 3.05) is 25.0 Å². The van der Waals surface area contributed by atoms with Crippen molar-refractivity contribution in [2.45, 2.75) is 12.8 Å². The summed E-state index contributed by atoms with van der Waals surface area (Å²) in [5.74, 6) is -1.12. The molecule has 1 aliphatic heterocycles. The number of nitrogens with zero attached hydrogens (tertiary/aromatic N) is 1. The fourth-order valence-electron chi connectivity index (χ4n) is 2.39. The molecule has 0 aliphatic carbocycles. The third-order valence-corrected chi connectivity index (χ3v) is 3.81. The average Bonchev–Trinajstić information content (AvgIpc) is 2.43. The first kappa shape index (κ1) is 15.7. The molecule has 0 bridgehead atoms. The standard InChI is InChI=1S/C14H17ClFN3O2/c15-11-7-10(1-2-12(11)16)18-14(21)9-3-5-19(6-4-9)8-13(17)20/h1-2,7,9H,3-6,8H2,(H2,17,20)(H,18,21). The van der Waals surface area contributed by atoms with Crippen LogP contribution in [0.5, 0.6) is 0 Å². The van der Waals surface area contributed by atoms with E-state index in [2.05, 4.69) is 5.32 Å². The number of hydrogen-bond acceptors (Lipinski definition) is 3. The first-order valence-corrected chi connectivity index (χ1v) is 7.10. The van der Waals surface area contributed by atoms with Gasteiger partial charge in [0.15, 0.2) is 0 Å². The number of likely N-dealkylation sites (tertiary alicyclic amines) is 1. The molecule has 2 amide bonds. The second kappa shape index (κ2) is 6.87. The zero-order chi connectivity index (χ0) is 15.4. The van der Waals surface area contributed by atoms with Gasteiger partial charge in [-0.1, -0.05) is 11.6 Å². The van der Waals surface area contributed by atoms with Crippen molar-refractivity contribution in [1.82, 2.24) is 4.90 Å². The van der Waals surface area contributed by atoms with Gasteiger partial charge < -0.3 is 11.1 Å². The highest BCUT2D eigenvalue weighted by Gasteiger charge is 2.25. The van der Waals surface area contributed by atoms with Crippen LogP contribution < -0.4 is 11.1 Å². The molecule has 2 rings (SSSR count). The summed E-state index contributed by atoms with van der Waals surface area (Å²) in [4.78, 5) is 24.9. The van der Waals surface area contributed by atoms with E-state index in [9.17, 15) is 14.0 Å². The zero-order valence-electron chi connectivity index (χ0n) is 11.4. The number of piperidine rings is 1. The molecular formula is C14H17ClFN3O2. The van der Waals surface area contributed by atoms with Crippen LogP contribution in [-0.2, 0) is 9.59 Å². The molecule has 0 spiro atoms. The third kappa shape index (κ3) is 4.41. The molecule has 0 radical (unpaired) electrons. The molecule has 1 heterocycles. The van der Waals surface area contributed by atoms with E-state index >= 15 is 0 Å². The molecule has 1 aromatic rings. The van der Waals surface area contributed by atoms with E-state index in [1.165, 1.54) is 18.2 Å². The Kier molecular flexibility index (Phi) is 5.14. The summed E-state index contributed by atoms with van der Waals surface area (Å²) in [5.41, 5.74) is 5.62. The van der Waals surface area contributed by atoms with Gasteiger partial charge in [0.05, 0.1) is 11.6 Å². The van der Waals surface area contributed by atoms with Gasteiger partial charge in [0, 0.05) is 11.6 Å². The minimum atomic E-state index is -0.519. The quantitative estimate of drug-likeness (QED) is 0.887. The van der Waals surface area contributed by atoms with Crippen LogP contribution in [0.2, 0.25) is 5.02 Å². The van der Waals surface area contributed by atoms with Crippen molar-refractivity contribution in [1.29, 1.82) is 0 Å². The number of carbonyl (C=O) groups is 2. The van der Waals surface area contributed by atoms with E-state index in [4.69, 9.17) is 17.3 Å². The van der Waals surface area contributed by atoms with Gasteiger partial charge in [-0.15, -0.1) is 0 Å². The monoisotopic (exact) mass is 313 g/mol. The van der Waals surface area contributed by atoms with Crippen molar-refractivity contribution in [3.8, 4) is 0 Å². The van der Waals surface area contributed by atoms with Crippen LogP contribution in [0.4, 0.5) is 10.1 Å². The highest BCUT2D eigenvalue weighted by Crippen LogP contribution is 2.22. The van der Waals surface area contributed by atoms with E-state index in [-0.39, 0.29) is 29.3 Å². The molecule has 5 nitrogen and oxygen atoms in total. The molecule has 0 saturated carbocycles. The Hall–Kier alpha value is -1.66. The molecule has 1 aliphatic rings. The molecule has 114 valence electrons. The highest BCUT2D eigenvalue weighted by atomic mass is 35.5. The molecule has 0 aromatic heterocycles. The summed E-state index contributed by atoms with van der Waals surface area (Å²) in [5, 5.41) is 2.71. The smallest absolute Gasteiger partial charge is 0.231 e. The minimum absolute atomic E-state index is 0.0240. The normalized spacial score (nSPS) is 16.7. The van der Waals surface area contributed by atoms with Crippen LogP contribution in [0.15, 0.2) is 18.2 Å². The molecular weight excluding hydrogens is 297 g/mol. The second-order valence-corrected chi connectivity index (χ2v) is 5.54. The molecule has 0 atom stereocenters. The lowest BCUT2D eigenvalue weighted by molar-refractivity contribution is -0.122. The summed E-state index contributed by atoms with van der Waals surface area (Å²) in [7, 11) is 0.